The van der Waals surface area contributed by atoms with Gasteiger partial charge in [-0.1, -0.05) is 19.8 Å². The molecule has 0 atom stereocenters. The number of hydrogen-bond donors (Lipinski definition) is 2. The van der Waals surface area contributed by atoms with Gasteiger partial charge >= 0.3 is 126 Å². The van der Waals surface area contributed by atoms with Crippen LogP contribution in [0.3, 0.4) is 0 Å². The Kier molecular flexibility index (Phi) is 11.5. The van der Waals surface area contributed by atoms with E-state index in [0.717, 1.165) is 15.8 Å². The van der Waals surface area contributed by atoms with Gasteiger partial charge in [-0.3, -0.25) is 0 Å². The summed E-state index contributed by atoms with van der Waals surface area (Å²) in [6, 6.07) is 0. The van der Waals surface area contributed by atoms with Gasteiger partial charge in [-0.15, -0.1) is 0 Å². The molecular weight excluding hydrogens is 389 g/mol. The van der Waals surface area contributed by atoms with Crippen molar-refractivity contribution in [1.82, 2.24) is 5.32 Å². The molecule has 0 aromatic rings. The monoisotopic (exact) mass is 420 g/mol. The Morgan fingerprint density at radius 1 is 1.05 bits per heavy atom. The van der Waals surface area contributed by atoms with E-state index in [9.17, 15) is 4.79 Å². The maximum absolute atomic E-state index is 10.8. The van der Waals surface area contributed by atoms with E-state index in [1.165, 1.54) is 64.2 Å². The number of halogens is 1. The zero-order chi connectivity index (χ0) is 16.0. The zero-order valence-electron chi connectivity index (χ0n) is 13.9. The molecule has 1 aliphatic rings. The third kappa shape index (κ3) is 9.49. The van der Waals surface area contributed by atoms with E-state index in [2.05, 4.69) is 22.4 Å². The SMILES string of the molecule is CCCCCCCCCCCCNC1=C(CC(=O)O)[I-]C=C1. The van der Waals surface area contributed by atoms with E-state index in [4.69, 9.17) is 5.11 Å². The summed E-state index contributed by atoms with van der Waals surface area (Å²) >= 11 is -0.183. The van der Waals surface area contributed by atoms with Crippen LogP contribution < -0.4 is 26.5 Å². The zero-order valence-corrected chi connectivity index (χ0v) is 16.0. The number of carbonyl (C=O) groups is 1. The van der Waals surface area contributed by atoms with Gasteiger partial charge < -0.3 is 0 Å². The molecule has 4 heteroatoms. The molecule has 3 nitrogen and oxygen atoms in total. The van der Waals surface area contributed by atoms with Gasteiger partial charge in [0.1, 0.15) is 0 Å². The van der Waals surface area contributed by atoms with Crippen molar-refractivity contribution in [2.45, 2.75) is 77.6 Å². The molecule has 0 aromatic carbocycles. The van der Waals surface area contributed by atoms with Gasteiger partial charge in [-0.2, -0.15) is 0 Å². The molecule has 1 heterocycles. The fourth-order valence-corrected chi connectivity index (χ4v) is 4.80. The standard InChI is InChI=1S/C18H31INO2/c1-2-3-4-5-6-7-8-9-10-11-14-20-17-12-13-19-16(17)15-18(21)22/h12-13,20H,2-11,14-15H2,1H3,(H,21,22)/q-1. The molecule has 0 saturated carbocycles. The van der Waals surface area contributed by atoms with Crippen molar-refractivity contribution in [3.05, 3.63) is 19.4 Å². The Labute approximate surface area is 145 Å². The van der Waals surface area contributed by atoms with Gasteiger partial charge in [0.05, 0.1) is 0 Å². The molecule has 22 heavy (non-hydrogen) atoms. The second-order valence-corrected chi connectivity index (χ2v) is 8.54. The van der Waals surface area contributed by atoms with Crippen LogP contribution in [-0.4, -0.2) is 17.6 Å². The second kappa shape index (κ2) is 13.0. The van der Waals surface area contributed by atoms with Crippen molar-refractivity contribution in [2.75, 3.05) is 6.54 Å². The van der Waals surface area contributed by atoms with Crippen LogP contribution in [0.2, 0.25) is 0 Å². The van der Waals surface area contributed by atoms with E-state index in [-0.39, 0.29) is 27.6 Å². The number of hydrogen-bond acceptors (Lipinski definition) is 2. The summed E-state index contributed by atoms with van der Waals surface area (Å²) in [5.41, 5.74) is 1.09. The minimum absolute atomic E-state index is 0.183. The van der Waals surface area contributed by atoms with Crippen LogP contribution in [0.5, 0.6) is 0 Å². The van der Waals surface area contributed by atoms with E-state index in [1.54, 1.807) is 0 Å². The van der Waals surface area contributed by atoms with Crippen LogP contribution in [-0.2, 0) is 4.79 Å². The predicted octanol–water partition coefficient (Wildman–Crippen LogP) is 1.80. The topological polar surface area (TPSA) is 49.3 Å². The van der Waals surface area contributed by atoms with Gasteiger partial charge in [0.15, 0.2) is 0 Å². The van der Waals surface area contributed by atoms with Crippen LogP contribution >= 0.6 is 0 Å². The van der Waals surface area contributed by atoms with Crippen molar-refractivity contribution >= 4 is 5.97 Å². The fourth-order valence-electron chi connectivity index (χ4n) is 2.58. The predicted molar refractivity (Wildman–Crippen MR) is 88.3 cm³/mol. The first-order valence-corrected chi connectivity index (χ1v) is 11.0. The molecule has 0 fully saturated rings. The molecule has 0 amide bonds. The van der Waals surface area contributed by atoms with Crippen molar-refractivity contribution < 1.29 is 31.1 Å². The third-order valence-electron chi connectivity index (χ3n) is 3.87. The van der Waals surface area contributed by atoms with Crippen molar-refractivity contribution in [1.29, 1.82) is 0 Å². The molecule has 0 spiro atoms. The quantitative estimate of drug-likeness (QED) is 0.333. The molecule has 128 valence electrons. The van der Waals surface area contributed by atoms with Crippen LogP contribution in [0.4, 0.5) is 0 Å². The number of unbranched alkanes of at least 4 members (excludes halogenated alkanes) is 9. The van der Waals surface area contributed by atoms with Gasteiger partial charge in [0, 0.05) is 0 Å². The summed E-state index contributed by atoms with van der Waals surface area (Å²) in [5.74, 6) is -0.711. The molecular formula is C18H31INO2-. The number of nitrogens with one attached hydrogen (secondary N) is 1. The number of allylic oxidation sites excluding steroid dienone is 1. The average molecular weight is 420 g/mol. The molecule has 0 radical (unpaired) electrons. The number of carboxylic acid groups (broad SMARTS) is 1. The number of carboxylic acids is 1. The maximum atomic E-state index is 10.8. The summed E-state index contributed by atoms with van der Waals surface area (Å²) in [7, 11) is 0. The Bertz CT molecular complexity index is 377. The molecule has 0 bridgehead atoms. The number of aliphatic carboxylic acids is 1. The summed E-state index contributed by atoms with van der Waals surface area (Å²) in [5, 5.41) is 12.3. The first-order valence-electron chi connectivity index (χ1n) is 8.72. The van der Waals surface area contributed by atoms with Gasteiger partial charge in [0.25, 0.3) is 0 Å². The first kappa shape index (κ1) is 19.5. The van der Waals surface area contributed by atoms with E-state index >= 15 is 0 Å². The first-order chi connectivity index (χ1) is 10.7. The van der Waals surface area contributed by atoms with Crippen LogP contribution in [0, 0.1) is 0 Å². The molecule has 1 rings (SSSR count). The molecule has 0 unspecified atom stereocenters. The van der Waals surface area contributed by atoms with Crippen molar-refractivity contribution in [3.63, 3.8) is 0 Å². The summed E-state index contributed by atoms with van der Waals surface area (Å²) in [6.45, 7) is 3.24. The van der Waals surface area contributed by atoms with Gasteiger partial charge in [-0.25, -0.2) is 0 Å². The average Bonchev–Trinajstić information content (AvgIpc) is 2.91. The molecule has 0 saturated heterocycles. The van der Waals surface area contributed by atoms with Gasteiger partial charge in [0.2, 0.25) is 0 Å². The van der Waals surface area contributed by atoms with Gasteiger partial charge in [-0.05, 0) is 0 Å². The molecule has 1 aliphatic heterocycles. The van der Waals surface area contributed by atoms with Crippen molar-refractivity contribution in [2.24, 2.45) is 0 Å². The third-order valence-corrected chi connectivity index (χ3v) is 6.30. The van der Waals surface area contributed by atoms with Crippen LogP contribution in [0.1, 0.15) is 77.6 Å². The second-order valence-electron chi connectivity index (χ2n) is 5.90. The minimum atomic E-state index is -0.711. The molecule has 2 N–H and O–H groups in total. The van der Waals surface area contributed by atoms with Crippen LogP contribution in [0.25, 0.3) is 0 Å². The Morgan fingerprint density at radius 3 is 2.23 bits per heavy atom. The number of rotatable bonds is 14. The molecule has 0 aromatic heterocycles. The van der Waals surface area contributed by atoms with E-state index < -0.39 is 5.97 Å². The van der Waals surface area contributed by atoms with Crippen LogP contribution in [0.15, 0.2) is 19.4 Å². The van der Waals surface area contributed by atoms with Crippen molar-refractivity contribution in [3.8, 4) is 0 Å². The van der Waals surface area contributed by atoms with E-state index in [1.807, 2.05) is 0 Å². The Hall–Kier alpha value is -0.520. The summed E-state index contributed by atoms with van der Waals surface area (Å²) in [4.78, 5) is 10.8. The Morgan fingerprint density at radius 2 is 1.64 bits per heavy atom. The summed E-state index contributed by atoms with van der Waals surface area (Å²) in [6.07, 6.45) is 15.8. The normalized spacial score (nSPS) is 14.2. The summed E-state index contributed by atoms with van der Waals surface area (Å²) < 4.78 is 3.27. The fraction of sp³-hybridized carbons (Fsp3) is 0.722. The Balaban J connectivity index is 1.95. The molecule has 0 aliphatic carbocycles. The van der Waals surface area contributed by atoms with E-state index in [0.29, 0.717) is 0 Å².